The number of nitrogens with one attached hydrogen (secondary N) is 2. The van der Waals surface area contributed by atoms with Crippen LogP contribution in [0, 0.1) is 5.92 Å². The van der Waals surface area contributed by atoms with E-state index in [-0.39, 0.29) is 0 Å². The smallest absolute Gasteiger partial charge is 0.240 e. The molecule has 0 saturated heterocycles. The molecule has 20 heavy (non-hydrogen) atoms. The molecule has 1 aliphatic carbocycles. The first-order valence-electron chi connectivity index (χ1n) is 7.29. The van der Waals surface area contributed by atoms with Gasteiger partial charge in [-0.15, -0.1) is 0 Å². The lowest BCUT2D eigenvalue weighted by atomic mass is 9.86. The fraction of sp³-hybridized carbons (Fsp3) is 0.600. The summed E-state index contributed by atoms with van der Waals surface area (Å²) in [5.41, 5.74) is 0.991. The summed E-state index contributed by atoms with van der Waals surface area (Å²) in [5, 5.41) is 3.29. The summed E-state index contributed by atoms with van der Waals surface area (Å²) in [7, 11) is -3.37. The Labute approximate surface area is 122 Å². The molecule has 1 saturated carbocycles. The monoisotopic (exact) mass is 296 g/mol. The van der Waals surface area contributed by atoms with Gasteiger partial charge in [-0.2, -0.15) is 0 Å². The third kappa shape index (κ3) is 4.30. The Balaban J connectivity index is 2.00. The van der Waals surface area contributed by atoms with Crippen molar-refractivity contribution < 1.29 is 8.42 Å². The van der Waals surface area contributed by atoms with Crippen LogP contribution in [0.15, 0.2) is 29.2 Å². The first-order chi connectivity index (χ1) is 9.47. The molecular formula is C15H24N2O2S. The van der Waals surface area contributed by atoms with Crippen molar-refractivity contribution in [3.63, 3.8) is 0 Å². The SMILES string of the molecule is CC(C)NCc1cccc(S(=O)(=O)NCC2CCC2)c1. The Kier molecular flexibility index (Phi) is 5.18. The molecule has 5 heteroatoms. The average Bonchev–Trinajstić information content (AvgIpc) is 2.35. The van der Waals surface area contributed by atoms with E-state index in [4.69, 9.17) is 0 Å². The van der Waals surface area contributed by atoms with E-state index in [0.717, 1.165) is 18.4 Å². The molecule has 0 amide bonds. The van der Waals surface area contributed by atoms with Crippen molar-refractivity contribution in [2.24, 2.45) is 5.92 Å². The summed E-state index contributed by atoms with van der Waals surface area (Å²) in [5.74, 6) is 0.524. The maximum Gasteiger partial charge on any atom is 0.240 e. The summed E-state index contributed by atoms with van der Waals surface area (Å²) in [6.45, 7) is 5.39. The van der Waals surface area contributed by atoms with Crippen molar-refractivity contribution in [3.8, 4) is 0 Å². The maximum atomic E-state index is 12.2. The molecule has 0 bridgehead atoms. The van der Waals surface area contributed by atoms with E-state index in [0.29, 0.717) is 29.9 Å². The summed E-state index contributed by atoms with van der Waals surface area (Å²) in [6.07, 6.45) is 3.50. The van der Waals surface area contributed by atoms with Gasteiger partial charge in [-0.25, -0.2) is 13.1 Å². The molecule has 2 N–H and O–H groups in total. The summed E-state index contributed by atoms with van der Waals surface area (Å²) in [4.78, 5) is 0.361. The van der Waals surface area contributed by atoms with Crippen molar-refractivity contribution in [2.45, 2.75) is 50.6 Å². The summed E-state index contributed by atoms with van der Waals surface area (Å²) < 4.78 is 27.2. The van der Waals surface area contributed by atoms with Gasteiger partial charge in [0.1, 0.15) is 0 Å². The lowest BCUT2D eigenvalue weighted by Gasteiger charge is -2.25. The zero-order valence-electron chi connectivity index (χ0n) is 12.2. The van der Waals surface area contributed by atoms with Crippen LogP contribution < -0.4 is 10.0 Å². The molecule has 0 aliphatic heterocycles. The quantitative estimate of drug-likeness (QED) is 0.811. The fourth-order valence-corrected chi connectivity index (χ4v) is 3.34. The highest BCUT2D eigenvalue weighted by Gasteiger charge is 2.21. The number of benzene rings is 1. The molecule has 0 atom stereocenters. The Morgan fingerprint density at radius 2 is 2.05 bits per heavy atom. The highest BCUT2D eigenvalue weighted by molar-refractivity contribution is 7.89. The van der Waals surface area contributed by atoms with Gasteiger partial charge in [0.25, 0.3) is 0 Å². The van der Waals surface area contributed by atoms with Gasteiger partial charge >= 0.3 is 0 Å². The van der Waals surface area contributed by atoms with Gasteiger partial charge in [-0.1, -0.05) is 32.4 Å². The molecule has 0 spiro atoms. The van der Waals surface area contributed by atoms with E-state index in [9.17, 15) is 8.42 Å². The minimum Gasteiger partial charge on any atom is -0.310 e. The molecule has 0 heterocycles. The van der Waals surface area contributed by atoms with Crippen LogP contribution in [0.25, 0.3) is 0 Å². The van der Waals surface area contributed by atoms with E-state index in [1.54, 1.807) is 18.2 Å². The highest BCUT2D eigenvalue weighted by atomic mass is 32.2. The van der Waals surface area contributed by atoms with Crippen molar-refractivity contribution in [2.75, 3.05) is 6.54 Å². The Bertz CT molecular complexity index is 537. The Morgan fingerprint density at radius 3 is 2.65 bits per heavy atom. The first kappa shape index (κ1) is 15.5. The second-order valence-electron chi connectivity index (χ2n) is 5.83. The van der Waals surface area contributed by atoms with Gasteiger partial charge < -0.3 is 5.32 Å². The molecule has 1 fully saturated rings. The molecule has 1 aromatic carbocycles. The van der Waals surface area contributed by atoms with Crippen LogP contribution in [0.3, 0.4) is 0 Å². The van der Waals surface area contributed by atoms with Crippen molar-refractivity contribution in [1.82, 2.24) is 10.0 Å². The number of sulfonamides is 1. The lowest BCUT2D eigenvalue weighted by Crippen LogP contribution is -2.32. The van der Waals surface area contributed by atoms with E-state index in [1.165, 1.54) is 6.42 Å². The predicted octanol–water partition coefficient (Wildman–Crippen LogP) is 2.26. The number of hydrogen-bond donors (Lipinski definition) is 2. The first-order valence-corrected chi connectivity index (χ1v) is 8.77. The molecule has 4 nitrogen and oxygen atoms in total. The van der Waals surface area contributed by atoms with Gasteiger partial charge in [0, 0.05) is 19.1 Å². The molecule has 0 unspecified atom stereocenters. The topological polar surface area (TPSA) is 58.2 Å². The minimum absolute atomic E-state index is 0.361. The van der Waals surface area contributed by atoms with Crippen LogP contribution in [-0.4, -0.2) is 21.0 Å². The van der Waals surface area contributed by atoms with Gasteiger partial charge in [0.05, 0.1) is 4.90 Å². The Hall–Kier alpha value is -0.910. The molecular weight excluding hydrogens is 272 g/mol. The van der Waals surface area contributed by atoms with Crippen LogP contribution in [0.2, 0.25) is 0 Å². The predicted molar refractivity (Wildman–Crippen MR) is 80.9 cm³/mol. The third-order valence-electron chi connectivity index (χ3n) is 3.71. The number of hydrogen-bond acceptors (Lipinski definition) is 3. The van der Waals surface area contributed by atoms with E-state index >= 15 is 0 Å². The second kappa shape index (κ2) is 6.70. The van der Waals surface area contributed by atoms with Gasteiger partial charge in [0.2, 0.25) is 10.0 Å². The van der Waals surface area contributed by atoms with Crippen LogP contribution in [-0.2, 0) is 16.6 Å². The minimum atomic E-state index is -3.37. The van der Waals surface area contributed by atoms with Gasteiger partial charge in [-0.05, 0) is 36.5 Å². The average molecular weight is 296 g/mol. The summed E-state index contributed by atoms with van der Waals surface area (Å²) >= 11 is 0. The Morgan fingerprint density at radius 1 is 1.30 bits per heavy atom. The van der Waals surface area contributed by atoms with Gasteiger partial charge in [-0.3, -0.25) is 0 Å². The molecule has 0 aromatic heterocycles. The van der Waals surface area contributed by atoms with Crippen LogP contribution in [0.5, 0.6) is 0 Å². The zero-order chi connectivity index (χ0) is 14.6. The lowest BCUT2D eigenvalue weighted by molar-refractivity contribution is 0.316. The van der Waals surface area contributed by atoms with Crippen LogP contribution >= 0.6 is 0 Å². The largest absolute Gasteiger partial charge is 0.310 e. The zero-order valence-corrected chi connectivity index (χ0v) is 13.0. The van der Waals surface area contributed by atoms with Crippen LogP contribution in [0.4, 0.5) is 0 Å². The molecule has 1 aromatic rings. The maximum absolute atomic E-state index is 12.2. The van der Waals surface area contributed by atoms with Gasteiger partial charge in [0.15, 0.2) is 0 Å². The second-order valence-corrected chi connectivity index (χ2v) is 7.60. The van der Waals surface area contributed by atoms with E-state index in [2.05, 4.69) is 23.9 Å². The van der Waals surface area contributed by atoms with E-state index < -0.39 is 10.0 Å². The molecule has 2 rings (SSSR count). The third-order valence-corrected chi connectivity index (χ3v) is 5.13. The molecule has 0 radical (unpaired) electrons. The fourth-order valence-electron chi connectivity index (χ4n) is 2.15. The van der Waals surface area contributed by atoms with Crippen molar-refractivity contribution >= 4 is 10.0 Å². The van der Waals surface area contributed by atoms with Crippen molar-refractivity contribution in [3.05, 3.63) is 29.8 Å². The van der Waals surface area contributed by atoms with Crippen LogP contribution in [0.1, 0.15) is 38.7 Å². The standard InChI is InChI=1S/C15H24N2O2S/c1-12(2)16-10-14-7-4-8-15(9-14)20(18,19)17-11-13-5-3-6-13/h4,7-9,12-13,16-17H,3,5-6,10-11H2,1-2H3. The highest BCUT2D eigenvalue weighted by Crippen LogP contribution is 2.25. The summed E-state index contributed by atoms with van der Waals surface area (Å²) in [6, 6.07) is 7.53. The number of rotatable bonds is 7. The molecule has 112 valence electrons. The molecule has 1 aliphatic rings. The van der Waals surface area contributed by atoms with Crippen molar-refractivity contribution in [1.29, 1.82) is 0 Å². The normalized spacial score (nSPS) is 16.4. The van der Waals surface area contributed by atoms with E-state index in [1.807, 2.05) is 6.07 Å².